The topological polar surface area (TPSA) is 132 Å². The summed E-state index contributed by atoms with van der Waals surface area (Å²) in [5, 5.41) is 11.7. The van der Waals surface area contributed by atoms with Crippen LogP contribution in [-0.4, -0.2) is 101 Å². The van der Waals surface area contributed by atoms with E-state index in [0.29, 0.717) is 84.9 Å². The summed E-state index contributed by atoms with van der Waals surface area (Å²) in [6.45, 7) is 16.2. The van der Waals surface area contributed by atoms with E-state index in [0.717, 1.165) is 24.8 Å². The van der Waals surface area contributed by atoms with Crippen molar-refractivity contribution < 1.29 is 32.2 Å². The maximum absolute atomic E-state index is 14.8. The van der Waals surface area contributed by atoms with E-state index >= 15 is 0 Å². The molecule has 1 unspecified atom stereocenters. The number of aryl methyl sites for hydroxylation is 1. The number of halogens is 1. The largest absolute Gasteiger partial charge is 0.468 e. The Morgan fingerprint density at radius 2 is 1.95 bits per heavy atom. The summed E-state index contributed by atoms with van der Waals surface area (Å²) in [6, 6.07) is 11.2. The lowest BCUT2D eigenvalue weighted by molar-refractivity contribution is 0.0512. The number of methoxy groups -OCH3 is 1. The molecule has 55 heavy (non-hydrogen) atoms. The van der Waals surface area contributed by atoms with Crippen molar-refractivity contribution in [3.8, 4) is 29.2 Å². The van der Waals surface area contributed by atoms with E-state index in [9.17, 15) is 14.4 Å². The summed E-state index contributed by atoms with van der Waals surface area (Å²) in [4.78, 5) is 28.7. The van der Waals surface area contributed by atoms with Crippen LogP contribution in [0.3, 0.4) is 0 Å². The van der Waals surface area contributed by atoms with E-state index in [1.54, 1.807) is 18.2 Å². The van der Waals surface area contributed by atoms with Gasteiger partial charge in [-0.3, -0.25) is 4.90 Å². The molecule has 3 fully saturated rings. The number of nitriles is 1. The molecule has 0 aliphatic carbocycles. The summed E-state index contributed by atoms with van der Waals surface area (Å²) in [7, 11) is -0.603. The third kappa shape index (κ3) is 7.57. The van der Waals surface area contributed by atoms with E-state index in [1.165, 1.54) is 7.11 Å². The summed E-state index contributed by atoms with van der Waals surface area (Å²) in [5.41, 5.74) is 0.780. The van der Waals surface area contributed by atoms with E-state index in [2.05, 4.69) is 49.7 Å². The van der Waals surface area contributed by atoms with Crippen LogP contribution in [0.15, 0.2) is 39.5 Å². The van der Waals surface area contributed by atoms with Crippen molar-refractivity contribution in [2.24, 2.45) is 0 Å². The highest BCUT2D eigenvalue weighted by Gasteiger charge is 2.49. The first-order chi connectivity index (χ1) is 26.2. The summed E-state index contributed by atoms with van der Waals surface area (Å²) >= 11 is 0. The molecule has 7 rings (SSSR count). The van der Waals surface area contributed by atoms with Crippen molar-refractivity contribution in [1.29, 1.82) is 5.26 Å². The van der Waals surface area contributed by atoms with Crippen LogP contribution in [0.2, 0.25) is 18.1 Å². The predicted octanol–water partition coefficient (Wildman–Crippen LogP) is 7.14. The molecule has 0 spiro atoms. The van der Waals surface area contributed by atoms with Gasteiger partial charge in [-0.25, -0.2) is 9.18 Å². The molecular weight excluding hydrogens is 722 g/mol. The molecule has 2 aromatic heterocycles. The number of hydrogen-bond donors (Lipinski definition) is 0. The van der Waals surface area contributed by atoms with Crippen molar-refractivity contribution in [3.05, 3.63) is 51.9 Å². The zero-order valence-corrected chi connectivity index (χ0v) is 34.0. The van der Waals surface area contributed by atoms with Gasteiger partial charge in [0.15, 0.2) is 20.9 Å². The van der Waals surface area contributed by atoms with Gasteiger partial charge in [-0.15, -0.1) is 0 Å². The number of rotatable bonds is 11. The molecular formula is C41H52FN5O7Si. The molecule has 0 saturated carbocycles. The van der Waals surface area contributed by atoms with Crippen LogP contribution < -0.4 is 20.0 Å². The van der Waals surface area contributed by atoms with Crippen LogP contribution in [0.5, 0.6) is 11.8 Å². The first kappa shape index (κ1) is 39.1. The fourth-order valence-electron chi connectivity index (χ4n) is 8.07. The number of benzene rings is 2. The molecule has 0 amide bonds. The van der Waals surface area contributed by atoms with Crippen LogP contribution >= 0.6 is 0 Å². The number of fused-ring (bicyclic) bond motifs is 3. The highest BCUT2D eigenvalue weighted by atomic mass is 28.4. The molecule has 3 saturated heterocycles. The Bertz CT molecular complexity index is 2170. The van der Waals surface area contributed by atoms with Crippen molar-refractivity contribution in [3.63, 3.8) is 0 Å². The highest BCUT2D eigenvalue weighted by Crippen LogP contribution is 2.42. The van der Waals surface area contributed by atoms with E-state index < -0.39 is 25.7 Å². The average Bonchev–Trinajstić information content (AvgIpc) is 3.57. The standard InChI is InChI=1S/C41H52FN5O7Si/c1-26-35-34(38(48)54-36(26)32-19-31(52-25-49-5)18-27-10-8-11-28(21-43)33(27)32)37(45-39(44-35)51-24-41-13-9-14-46(41)22-29(42)20-41)47-15-17-50-16-12-30(47)23-53-55(6,7)40(2,3)4/h8,10-11,18-19,29-30H,9,12-17,20,22-25H2,1-7H3/t29-,30?,41+/m1/s1. The highest BCUT2D eigenvalue weighted by molar-refractivity contribution is 6.74. The normalized spacial score (nSPS) is 22.2. The second kappa shape index (κ2) is 15.4. The van der Waals surface area contributed by atoms with Crippen LogP contribution in [0.1, 0.15) is 57.6 Å². The van der Waals surface area contributed by atoms with Crippen molar-refractivity contribution >= 4 is 35.8 Å². The van der Waals surface area contributed by atoms with Crippen molar-refractivity contribution in [2.45, 2.75) is 89.3 Å². The monoisotopic (exact) mass is 773 g/mol. The van der Waals surface area contributed by atoms with Crippen LogP contribution in [0.25, 0.3) is 33.0 Å². The molecule has 3 aliphatic heterocycles. The van der Waals surface area contributed by atoms with Gasteiger partial charge < -0.3 is 32.7 Å². The minimum absolute atomic E-state index is 0.00273. The van der Waals surface area contributed by atoms with Crippen LogP contribution in [0.4, 0.5) is 10.2 Å². The smallest absolute Gasteiger partial charge is 0.349 e. The van der Waals surface area contributed by atoms with Gasteiger partial charge >= 0.3 is 11.6 Å². The molecule has 4 aromatic rings. The van der Waals surface area contributed by atoms with E-state index in [4.69, 9.17) is 37.8 Å². The molecule has 0 N–H and O–H groups in total. The Kier molecular flexibility index (Phi) is 11.0. The van der Waals surface area contributed by atoms with Gasteiger partial charge in [0.05, 0.1) is 41.9 Å². The number of anilines is 1. The van der Waals surface area contributed by atoms with Crippen molar-refractivity contribution in [2.75, 3.05) is 64.9 Å². The molecule has 12 nitrogen and oxygen atoms in total. The van der Waals surface area contributed by atoms with Crippen LogP contribution in [0, 0.1) is 18.3 Å². The molecule has 294 valence electrons. The maximum Gasteiger partial charge on any atom is 0.349 e. The lowest BCUT2D eigenvalue weighted by Gasteiger charge is -2.39. The Balaban J connectivity index is 1.40. The SMILES string of the molecule is COCOc1cc(-c2oc(=O)c3c(N4CCOCCC4CO[Si](C)(C)C(C)(C)C)nc(OC[C@@]45CCCN4C[C@H](F)C5)nc3c2C)c2c(C#N)cccc2c1. The van der Waals surface area contributed by atoms with Crippen LogP contribution in [-0.2, 0) is 13.9 Å². The summed E-state index contributed by atoms with van der Waals surface area (Å²) in [6.07, 6.45) is 1.94. The first-order valence-corrected chi connectivity index (χ1v) is 22.1. The second-order valence-electron chi connectivity index (χ2n) is 16.6. The van der Waals surface area contributed by atoms with Gasteiger partial charge in [0.2, 0.25) is 0 Å². The fraction of sp³-hybridized carbons (Fsp3) is 0.561. The van der Waals surface area contributed by atoms with Gasteiger partial charge in [0.1, 0.15) is 29.7 Å². The van der Waals surface area contributed by atoms with Gasteiger partial charge in [-0.05, 0) is 74.4 Å². The lowest BCUT2D eigenvalue weighted by Crippen LogP contribution is -2.47. The number of aromatic nitrogens is 2. The molecule has 3 aliphatic rings. The number of hydrogen-bond acceptors (Lipinski definition) is 12. The second-order valence-corrected chi connectivity index (χ2v) is 21.4. The third-order valence-corrected chi connectivity index (χ3v) is 16.6. The molecule has 2 aromatic carbocycles. The molecule has 14 heteroatoms. The number of alkyl halides is 1. The van der Waals surface area contributed by atoms with Gasteiger partial charge in [-0.2, -0.15) is 15.2 Å². The first-order valence-electron chi connectivity index (χ1n) is 19.2. The Morgan fingerprint density at radius 1 is 1.13 bits per heavy atom. The third-order valence-electron chi connectivity index (χ3n) is 12.1. The molecule has 3 atom stereocenters. The maximum atomic E-state index is 14.8. The minimum Gasteiger partial charge on any atom is -0.468 e. The quantitative estimate of drug-likeness (QED) is 0.113. The average molecular weight is 774 g/mol. The Hall–Kier alpha value is -4.13. The minimum atomic E-state index is -2.14. The van der Waals surface area contributed by atoms with Gasteiger partial charge in [0, 0.05) is 49.7 Å². The fourth-order valence-corrected chi connectivity index (χ4v) is 9.11. The van der Waals surface area contributed by atoms with E-state index in [-0.39, 0.29) is 41.6 Å². The van der Waals surface area contributed by atoms with Crippen molar-refractivity contribution in [1.82, 2.24) is 14.9 Å². The zero-order valence-electron chi connectivity index (χ0n) is 33.0. The number of ether oxygens (including phenoxy) is 4. The lowest BCUT2D eigenvalue weighted by atomic mass is 9.95. The zero-order chi connectivity index (χ0) is 39.1. The number of nitrogens with zero attached hydrogens (tertiary/aromatic N) is 5. The van der Waals surface area contributed by atoms with Gasteiger partial charge in [-0.1, -0.05) is 32.9 Å². The van der Waals surface area contributed by atoms with Gasteiger partial charge in [0.25, 0.3) is 0 Å². The molecule has 0 radical (unpaired) electrons. The summed E-state index contributed by atoms with van der Waals surface area (Å²) in [5.74, 6) is 1.11. The van der Waals surface area contributed by atoms with E-state index in [1.807, 2.05) is 19.1 Å². The predicted molar refractivity (Wildman–Crippen MR) is 211 cm³/mol. The molecule has 0 bridgehead atoms. The Morgan fingerprint density at radius 3 is 2.71 bits per heavy atom. The Labute approximate surface area is 322 Å². The molecule has 5 heterocycles. The summed E-state index contributed by atoms with van der Waals surface area (Å²) < 4.78 is 51.3.